The van der Waals surface area contributed by atoms with Crippen molar-refractivity contribution in [3.8, 4) is 11.3 Å². The van der Waals surface area contributed by atoms with Crippen LogP contribution in [-0.4, -0.2) is 39.0 Å². The lowest BCUT2D eigenvalue weighted by atomic mass is 10.0. The molecule has 1 atom stereocenters. The maximum Gasteiger partial charge on any atom is 0.227 e. The van der Waals surface area contributed by atoms with Gasteiger partial charge in [0.15, 0.2) is 0 Å². The lowest BCUT2D eigenvalue weighted by Gasteiger charge is -2.35. The van der Waals surface area contributed by atoms with Gasteiger partial charge in [-0.2, -0.15) is 0 Å². The summed E-state index contributed by atoms with van der Waals surface area (Å²) in [6.07, 6.45) is 2.97. The summed E-state index contributed by atoms with van der Waals surface area (Å²) in [5, 5.41) is 0. The Morgan fingerprint density at radius 1 is 1.14 bits per heavy atom. The van der Waals surface area contributed by atoms with Crippen LogP contribution in [0.25, 0.3) is 11.3 Å². The SMILES string of the molecule is O=C(Cc1ccccc1)N1CC[C@@]2(C1)Cn1c(-c3cccc(F)c3)cnc1CO2. The molecule has 2 aliphatic heterocycles. The molecule has 2 aromatic carbocycles. The number of benzene rings is 2. The summed E-state index contributed by atoms with van der Waals surface area (Å²) in [4.78, 5) is 19.1. The fraction of sp³-hybridized carbons (Fsp3) is 0.304. The number of amides is 1. The Bertz CT molecular complexity index is 1050. The third-order valence-electron chi connectivity index (χ3n) is 5.88. The van der Waals surface area contributed by atoms with Crippen LogP contribution in [0.15, 0.2) is 60.8 Å². The summed E-state index contributed by atoms with van der Waals surface area (Å²) in [6.45, 7) is 2.27. The summed E-state index contributed by atoms with van der Waals surface area (Å²) in [5.41, 5.74) is 2.29. The minimum absolute atomic E-state index is 0.124. The molecule has 3 heterocycles. The normalized spacial score (nSPS) is 20.8. The van der Waals surface area contributed by atoms with Crippen LogP contribution in [0.5, 0.6) is 0 Å². The average Bonchev–Trinajstić information content (AvgIpc) is 3.33. The lowest BCUT2D eigenvalue weighted by molar-refractivity contribution is -0.132. The maximum atomic E-state index is 13.7. The average molecular weight is 391 g/mol. The van der Waals surface area contributed by atoms with Gasteiger partial charge in [0.05, 0.1) is 31.4 Å². The number of hydrogen-bond donors (Lipinski definition) is 0. The van der Waals surface area contributed by atoms with E-state index in [1.54, 1.807) is 12.3 Å². The zero-order valence-corrected chi connectivity index (χ0v) is 16.1. The number of halogens is 1. The van der Waals surface area contributed by atoms with Crippen molar-refractivity contribution in [1.82, 2.24) is 14.5 Å². The van der Waals surface area contributed by atoms with E-state index in [0.29, 0.717) is 32.7 Å². The van der Waals surface area contributed by atoms with Crippen molar-refractivity contribution in [3.05, 3.63) is 78.0 Å². The van der Waals surface area contributed by atoms with E-state index in [1.807, 2.05) is 41.3 Å². The lowest BCUT2D eigenvalue weighted by Crippen LogP contribution is -2.45. The first-order chi connectivity index (χ1) is 14.1. The fourth-order valence-electron chi connectivity index (χ4n) is 4.32. The van der Waals surface area contributed by atoms with Gasteiger partial charge in [-0.15, -0.1) is 0 Å². The van der Waals surface area contributed by atoms with Crippen LogP contribution >= 0.6 is 0 Å². The molecule has 148 valence electrons. The number of rotatable bonds is 3. The molecule has 1 fully saturated rings. The quantitative estimate of drug-likeness (QED) is 0.687. The van der Waals surface area contributed by atoms with Gasteiger partial charge in [0.2, 0.25) is 5.91 Å². The first-order valence-electron chi connectivity index (χ1n) is 9.88. The Kier molecular flexibility index (Phi) is 4.43. The predicted octanol–water partition coefficient (Wildman–Crippen LogP) is 3.43. The van der Waals surface area contributed by atoms with Crippen molar-refractivity contribution in [1.29, 1.82) is 0 Å². The molecule has 1 aromatic heterocycles. The van der Waals surface area contributed by atoms with Gasteiger partial charge in [0, 0.05) is 12.1 Å². The van der Waals surface area contributed by atoms with Crippen molar-refractivity contribution < 1.29 is 13.9 Å². The zero-order valence-electron chi connectivity index (χ0n) is 16.1. The van der Waals surface area contributed by atoms with Gasteiger partial charge in [-0.05, 0) is 24.1 Å². The van der Waals surface area contributed by atoms with Gasteiger partial charge >= 0.3 is 0 Å². The van der Waals surface area contributed by atoms with Crippen LogP contribution in [0.2, 0.25) is 0 Å². The maximum absolute atomic E-state index is 13.7. The Morgan fingerprint density at radius 2 is 2.00 bits per heavy atom. The molecular formula is C23H22FN3O2. The molecule has 1 saturated heterocycles. The number of carbonyl (C=O) groups excluding carboxylic acids is 1. The van der Waals surface area contributed by atoms with E-state index < -0.39 is 5.60 Å². The van der Waals surface area contributed by atoms with Crippen LogP contribution in [0.1, 0.15) is 17.8 Å². The smallest absolute Gasteiger partial charge is 0.227 e. The van der Waals surface area contributed by atoms with E-state index in [0.717, 1.165) is 29.1 Å². The van der Waals surface area contributed by atoms with Gasteiger partial charge < -0.3 is 14.2 Å². The molecule has 0 radical (unpaired) electrons. The molecule has 0 unspecified atom stereocenters. The monoisotopic (exact) mass is 391 g/mol. The highest BCUT2D eigenvalue weighted by molar-refractivity contribution is 5.79. The molecule has 0 saturated carbocycles. The van der Waals surface area contributed by atoms with Gasteiger partial charge in [0.25, 0.3) is 0 Å². The number of hydrogen-bond acceptors (Lipinski definition) is 3. The molecule has 6 heteroatoms. The summed E-state index contributed by atoms with van der Waals surface area (Å²) >= 11 is 0. The minimum atomic E-state index is -0.415. The number of likely N-dealkylation sites (tertiary alicyclic amines) is 1. The second kappa shape index (κ2) is 7.12. The highest BCUT2D eigenvalue weighted by Crippen LogP contribution is 2.35. The molecule has 0 bridgehead atoms. The van der Waals surface area contributed by atoms with Crippen LogP contribution in [0.3, 0.4) is 0 Å². The third kappa shape index (κ3) is 3.44. The largest absolute Gasteiger partial charge is 0.363 e. The second-order valence-electron chi connectivity index (χ2n) is 7.86. The van der Waals surface area contributed by atoms with Gasteiger partial charge in [-0.25, -0.2) is 9.37 Å². The second-order valence-corrected chi connectivity index (χ2v) is 7.86. The van der Waals surface area contributed by atoms with Crippen LogP contribution in [-0.2, 0) is 29.1 Å². The van der Waals surface area contributed by atoms with Crippen molar-refractivity contribution in [2.75, 3.05) is 13.1 Å². The number of carbonyl (C=O) groups is 1. The van der Waals surface area contributed by atoms with Crippen molar-refractivity contribution >= 4 is 5.91 Å². The fourth-order valence-corrected chi connectivity index (χ4v) is 4.32. The summed E-state index contributed by atoms with van der Waals surface area (Å²) < 4.78 is 22.0. The number of ether oxygens (including phenoxy) is 1. The molecule has 3 aromatic rings. The van der Waals surface area contributed by atoms with Gasteiger partial charge in [-0.1, -0.05) is 42.5 Å². The topological polar surface area (TPSA) is 47.4 Å². The Morgan fingerprint density at radius 3 is 2.83 bits per heavy atom. The predicted molar refractivity (Wildman–Crippen MR) is 106 cm³/mol. The van der Waals surface area contributed by atoms with E-state index in [-0.39, 0.29) is 11.7 Å². The van der Waals surface area contributed by atoms with Crippen LogP contribution in [0, 0.1) is 5.82 Å². The van der Waals surface area contributed by atoms with E-state index in [1.165, 1.54) is 12.1 Å². The number of imidazole rings is 1. The van der Waals surface area contributed by atoms with E-state index in [9.17, 15) is 9.18 Å². The third-order valence-corrected chi connectivity index (χ3v) is 5.88. The standard InChI is InChI=1S/C23H22FN3O2/c24-19-8-4-7-18(12-19)20-13-25-21-14-29-23(16-27(20)21)9-10-26(15-23)22(28)11-17-5-2-1-3-6-17/h1-8,12-13H,9-11,14-16H2/t23-/m1/s1. The van der Waals surface area contributed by atoms with Crippen molar-refractivity contribution in [2.45, 2.75) is 31.6 Å². The number of aromatic nitrogens is 2. The summed E-state index contributed by atoms with van der Waals surface area (Å²) in [7, 11) is 0. The molecule has 0 aliphatic carbocycles. The van der Waals surface area contributed by atoms with Gasteiger partial charge in [0.1, 0.15) is 23.8 Å². The molecule has 1 spiro atoms. The highest BCUT2D eigenvalue weighted by atomic mass is 19.1. The van der Waals surface area contributed by atoms with E-state index in [4.69, 9.17) is 4.74 Å². The Labute approximate surface area is 168 Å². The first kappa shape index (κ1) is 18.1. The molecule has 29 heavy (non-hydrogen) atoms. The zero-order chi connectivity index (χ0) is 19.8. The molecule has 1 amide bonds. The van der Waals surface area contributed by atoms with Crippen molar-refractivity contribution in [2.24, 2.45) is 0 Å². The van der Waals surface area contributed by atoms with Gasteiger partial charge in [-0.3, -0.25) is 4.79 Å². The van der Waals surface area contributed by atoms with E-state index >= 15 is 0 Å². The van der Waals surface area contributed by atoms with E-state index in [2.05, 4.69) is 9.55 Å². The summed E-state index contributed by atoms with van der Waals surface area (Å²) in [5.74, 6) is 0.695. The minimum Gasteiger partial charge on any atom is -0.363 e. The highest BCUT2D eigenvalue weighted by Gasteiger charge is 2.44. The first-order valence-corrected chi connectivity index (χ1v) is 9.88. The molecule has 2 aliphatic rings. The molecule has 5 rings (SSSR count). The summed E-state index contributed by atoms with van der Waals surface area (Å²) in [6, 6.07) is 16.4. The molecule has 5 nitrogen and oxygen atoms in total. The van der Waals surface area contributed by atoms with Crippen LogP contribution < -0.4 is 0 Å². The molecule has 0 N–H and O–H groups in total. The van der Waals surface area contributed by atoms with Crippen LogP contribution in [0.4, 0.5) is 4.39 Å². The number of nitrogens with zero attached hydrogens (tertiary/aromatic N) is 3. The Hall–Kier alpha value is -2.99. The number of fused-ring (bicyclic) bond motifs is 1. The Balaban J connectivity index is 1.34. The molecular weight excluding hydrogens is 369 g/mol. The van der Waals surface area contributed by atoms with Crippen molar-refractivity contribution in [3.63, 3.8) is 0 Å².